The number of benzene rings is 1. The second-order valence-electron chi connectivity index (χ2n) is 4.53. The van der Waals surface area contributed by atoms with Crippen molar-refractivity contribution in [3.63, 3.8) is 0 Å². The summed E-state index contributed by atoms with van der Waals surface area (Å²) >= 11 is 5.83. The largest absolute Gasteiger partial charge is 0.355 e. The van der Waals surface area contributed by atoms with Crippen molar-refractivity contribution in [1.29, 1.82) is 0 Å². The fourth-order valence-corrected chi connectivity index (χ4v) is 2.42. The fourth-order valence-electron chi connectivity index (χ4n) is 2.29. The molecule has 3 rings (SSSR count). The Morgan fingerprint density at radius 3 is 2.90 bits per heavy atom. The molecule has 0 saturated carbocycles. The molecule has 1 atom stereocenters. The molecule has 102 valence electrons. The molecule has 1 aliphatic heterocycles. The average molecular weight is 289 g/mol. The molecule has 0 bridgehead atoms. The molecule has 5 nitrogen and oxygen atoms in total. The minimum Gasteiger partial charge on any atom is -0.355 e. The van der Waals surface area contributed by atoms with Gasteiger partial charge in [0.05, 0.1) is 11.9 Å². The zero-order chi connectivity index (χ0) is 13.9. The molecule has 0 radical (unpaired) electrons. The summed E-state index contributed by atoms with van der Waals surface area (Å²) in [5.74, 6) is 0.679. The second kappa shape index (κ2) is 5.46. The quantitative estimate of drug-likeness (QED) is 0.690. The Bertz CT molecular complexity index is 620. The van der Waals surface area contributed by atoms with E-state index in [1.54, 1.807) is 6.20 Å². The van der Waals surface area contributed by atoms with Crippen LogP contribution in [0.25, 0.3) is 0 Å². The van der Waals surface area contributed by atoms with E-state index in [0.29, 0.717) is 12.4 Å². The first kappa shape index (κ1) is 12.9. The molecule has 2 heterocycles. The summed E-state index contributed by atoms with van der Waals surface area (Å²) in [5.41, 5.74) is 1.95. The van der Waals surface area contributed by atoms with Crippen LogP contribution in [0, 0.1) is 0 Å². The van der Waals surface area contributed by atoms with Gasteiger partial charge < -0.3 is 10.2 Å². The smallest absolute Gasteiger partial charge is 0.224 e. The highest BCUT2D eigenvalue weighted by atomic mass is 35.5. The maximum absolute atomic E-state index is 11.2. The van der Waals surface area contributed by atoms with Gasteiger partial charge in [-0.1, -0.05) is 30.3 Å². The molecule has 2 aromatic rings. The van der Waals surface area contributed by atoms with Crippen molar-refractivity contribution >= 4 is 29.4 Å². The molecule has 0 amide bonds. The molecule has 6 heteroatoms. The van der Waals surface area contributed by atoms with Gasteiger partial charge in [0.25, 0.3) is 0 Å². The summed E-state index contributed by atoms with van der Waals surface area (Å²) in [7, 11) is 0. The third-order valence-corrected chi connectivity index (χ3v) is 3.45. The molecular formula is C14H13ClN4O. The standard InChI is InChI=1S/C14H13ClN4O/c15-14-16-8-11-13(18-14)19(12(9-20)17-11)7-6-10-4-2-1-3-5-10/h1-5,8-9,12,17H,6-7H2. The average Bonchev–Trinajstić information content (AvgIpc) is 2.83. The lowest BCUT2D eigenvalue weighted by atomic mass is 10.1. The van der Waals surface area contributed by atoms with E-state index in [0.717, 1.165) is 18.4 Å². The first-order valence-corrected chi connectivity index (χ1v) is 6.70. The highest BCUT2D eigenvalue weighted by molar-refractivity contribution is 6.28. The van der Waals surface area contributed by atoms with Crippen molar-refractivity contribution in [1.82, 2.24) is 9.97 Å². The van der Waals surface area contributed by atoms with Crippen molar-refractivity contribution in [2.24, 2.45) is 0 Å². The van der Waals surface area contributed by atoms with Crippen molar-refractivity contribution in [2.45, 2.75) is 12.6 Å². The molecule has 0 spiro atoms. The number of nitrogens with zero attached hydrogens (tertiary/aromatic N) is 3. The zero-order valence-electron chi connectivity index (χ0n) is 10.7. The zero-order valence-corrected chi connectivity index (χ0v) is 11.4. The van der Waals surface area contributed by atoms with E-state index in [1.165, 1.54) is 5.56 Å². The van der Waals surface area contributed by atoms with Crippen LogP contribution in [-0.4, -0.2) is 29.0 Å². The number of anilines is 2. The van der Waals surface area contributed by atoms with Gasteiger partial charge in [-0.2, -0.15) is 4.98 Å². The Morgan fingerprint density at radius 2 is 2.15 bits per heavy atom. The van der Waals surface area contributed by atoms with Crippen LogP contribution < -0.4 is 10.2 Å². The summed E-state index contributed by atoms with van der Waals surface area (Å²) in [4.78, 5) is 21.2. The lowest BCUT2D eigenvalue weighted by Crippen LogP contribution is -2.38. The maximum Gasteiger partial charge on any atom is 0.224 e. The van der Waals surface area contributed by atoms with Gasteiger partial charge in [-0.15, -0.1) is 0 Å². The lowest BCUT2D eigenvalue weighted by Gasteiger charge is -2.21. The molecule has 0 aliphatic carbocycles. The molecular weight excluding hydrogens is 276 g/mol. The molecule has 0 saturated heterocycles. The molecule has 0 fully saturated rings. The normalized spacial score (nSPS) is 16.6. The predicted molar refractivity (Wildman–Crippen MR) is 78.0 cm³/mol. The van der Waals surface area contributed by atoms with E-state index >= 15 is 0 Å². The third-order valence-electron chi connectivity index (χ3n) is 3.26. The van der Waals surface area contributed by atoms with E-state index in [-0.39, 0.29) is 5.28 Å². The van der Waals surface area contributed by atoms with Gasteiger partial charge >= 0.3 is 0 Å². The van der Waals surface area contributed by atoms with Crippen LogP contribution in [0.1, 0.15) is 5.56 Å². The number of fused-ring (bicyclic) bond motifs is 1. The number of nitrogens with one attached hydrogen (secondary N) is 1. The minimum atomic E-state index is -0.415. The van der Waals surface area contributed by atoms with Gasteiger partial charge in [-0.3, -0.25) is 4.79 Å². The van der Waals surface area contributed by atoms with Gasteiger partial charge in [-0.05, 0) is 23.6 Å². The van der Waals surface area contributed by atoms with Crippen LogP contribution in [0.5, 0.6) is 0 Å². The molecule has 1 aromatic heterocycles. The number of carbonyl (C=O) groups is 1. The Hall–Kier alpha value is -2.14. The van der Waals surface area contributed by atoms with Gasteiger partial charge in [0.15, 0.2) is 18.3 Å². The molecule has 1 aromatic carbocycles. The maximum atomic E-state index is 11.2. The Morgan fingerprint density at radius 1 is 1.35 bits per heavy atom. The van der Waals surface area contributed by atoms with Gasteiger partial charge in [0, 0.05) is 6.54 Å². The van der Waals surface area contributed by atoms with Crippen molar-refractivity contribution < 1.29 is 4.79 Å². The molecule has 1 unspecified atom stereocenters. The van der Waals surface area contributed by atoms with E-state index in [1.807, 2.05) is 23.1 Å². The Labute approximate surface area is 121 Å². The number of hydrogen-bond acceptors (Lipinski definition) is 5. The SMILES string of the molecule is O=CC1Nc2cnc(Cl)nc2N1CCc1ccccc1. The minimum absolute atomic E-state index is 0.182. The van der Waals surface area contributed by atoms with Crippen LogP contribution in [0.2, 0.25) is 5.28 Å². The van der Waals surface area contributed by atoms with Gasteiger partial charge in [-0.25, -0.2) is 4.98 Å². The van der Waals surface area contributed by atoms with Gasteiger partial charge in [0.2, 0.25) is 5.28 Å². The highest BCUT2D eigenvalue weighted by Crippen LogP contribution is 2.32. The summed E-state index contributed by atoms with van der Waals surface area (Å²) in [6.07, 6.45) is 2.87. The Kier molecular flexibility index (Phi) is 3.52. The van der Waals surface area contributed by atoms with E-state index in [2.05, 4.69) is 27.4 Å². The van der Waals surface area contributed by atoms with E-state index in [4.69, 9.17) is 11.6 Å². The van der Waals surface area contributed by atoms with Crippen LogP contribution in [0.4, 0.5) is 11.5 Å². The molecule has 20 heavy (non-hydrogen) atoms. The summed E-state index contributed by atoms with van der Waals surface area (Å²) in [6.45, 7) is 0.681. The second-order valence-corrected chi connectivity index (χ2v) is 4.87. The summed E-state index contributed by atoms with van der Waals surface area (Å²) in [6, 6.07) is 10.1. The molecule has 1 N–H and O–H groups in total. The van der Waals surface area contributed by atoms with Crippen molar-refractivity contribution in [3.8, 4) is 0 Å². The number of rotatable bonds is 4. The van der Waals surface area contributed by atoms with Crippen LogP contribution >= 0.6 is 11.6 Å². The lowest BCUT2D eigenvalue weighted by molar-refractivity contribution is -0.108. The Balaban J connectivity index is 1.81. The first-order valence-electron chi connectivity index (χ1n) is 6.33. The van der Waals surface area contributed by atoms with Crippen molar-refractivity contribution in [2.75, 3.05) is 16.8 Å². The topological polar surface area (TPSA) is 58.1 Å². The predicted octanol–water partition coefficient (Wildman–Crippen LogP) is 2.13. The third kappa shape index (κ3) is 2.44. The van der Waals surface area contributed by atoms with E-state index < -0.39 is 6.17 Å². The monoisotopic (exact) mass is 288 g/mol. The number of aromatic nitrogens is 2. The van der Waals surface area contributed by atoms with Crippen LogP contribution in [0.3, 0.4) is 0 Å². The van der Waals surface area contributed by atoms with Crippen LogP contribution in [0.15, 0.2) is 36.5 Å². The fraction of sp³-hybridized carbons (Fsp3) is 0.214. The number of aldehydes is 1. The van der Waals surface area contributed by atoms with Crippen molar-refractivity contribution in [3.05, 3.63) is 47.4 Å². The van der Waals surface area contributed by atoms with Crippen LogP contribution in [-0.2, 0) is 11.2 Å². The molecule has 1 aliphatic rings. The number of hydrogen-bond donors (Lipinski definition) is 1. The number of halogens is 1. The van der Waals surface area contributed by atoms with Gasteiger partial charge in [0.1, 0.15) is 0 Å². The summed E-state index contributed by atoms with van der Waals surface area (Å²) < 4.78 is 0. The number of carbonyl (C=O) groups excluding carboxylic acids is 1. The van der Waals surface area contributed by atoms with E-state index in [9.17, 15) is 4.79 Å². The summed E-state index contributed by atoms with van der Waals surface area (Å²) in [5, 5.41) is 3.25. The highest BCUT2D eigenvalue weighted by Gasteiger charge is 2.29. The first-order chi connectivity index (χ1) is 9.78.